The second kappa shape index (κ2) is 4.77. The van der Waals surface area contributed by atoms with Crippen LogP contribution in [0.4, 0.5) is 0 Å². The highest BCUT2D eigenvalue weighted by molar-refractivity contribution is 5.18. The largest absolute Gasteiger partial charge is 0.388 e. The molecule has 1 aliphatic heterocycles. The van der Waals surface area contributed by atoms with E-state index in [2.05, 4.69) is 11.9 Å². The van der Waals surface area contributed by atoms with Crippen LogP contribution in [0.3, 0.4) is 0 Å². The number of benzene rings is 1. The molecule has 0 aliphatic carbocycles. The average Bonchev–Trinajstić information content (AvgIpc) is 2.30. The van der Waals surface area contributed by atoms with Gasteiger partial charge in [0.2, 0.25) is 0 Å². The van der Waals surface area contributed by atoms with E-state index in [1.807, 2.05) is 30.3 Å². The highest BCUT2D eigenvalue weighted by atomic mass is 16.3. The summed E-state index contributed by atoms with van der Waals surface area (Å²) < 4.78 is 0. The molecule has 0 spiro atoms. The van der Waals surface area contributed by atoms with Gasteiger partial charge >= 0.3 is 0 Å². The maximum absolute atomic E-state index is 10.2. The van der Waals surface area contributed by atoms with Crippen molar-refractivity contribution >= 4 is 0 Å². The lowest BCUT2D eigenvalue weighted by molar-refractivity contribution is 0.0657. The quantitative estimate of drug-likeness (QED) is 0.799. The van der Waals surface area contributed by atoms with Crippen molar-refractivity contribution in [2.45, 2.75) is 18.9 Å². The number of aliphatic hydroxyl groups excluding tert-OH is 1. The molecule has 0 saturated carbocycles. The van der Waals surface area contributed by atoms with Crippen LogP contribution in [-0.2, 0) is 0 Å². The van der Waals surface area contributed by atoms with Gasteiger partial charge in [-0.05, 0) is 44.5 Å². The van der Waals surface area contributed by atoms with Crippen molar-refractivity contribution in [3.05, 3.63) is 35.9 Å². The molecule has 15 heavy (non-hydrogen) atoms. The maximum atomic E-state index is 10.2. The maximum Gasteiger partial charge on any atom is 0.0819 e. The van der Waals surface area contributed by atoms with E-state index in [9.17, 15) is 5.11 Å². The van der Waals surface area contributed by atoms with Crippen molar-refractivity contribution in [2.24, 2.45) is 5.92 Å². The topological polar surface area (TPSA) is 23.5 Å². The SMILES string of the molecule is CN1CCC([C@H](O)c2ccccc2)CC1. The monoisotopic (exact) mass is 205 g/mol. The van der Waals surface area contributed by atoms with Crippen LogP contribution in [0.15, 0.2) is 30.3 Å². The van der Waals surface area contributed by atoms with Gasteiger partial charge in [-0.15, -0.1) is 0 Å². The van der Waals surface area contributed by atoms with E-state index in [1.54, 1.807) is 0 Å². The Morgan fingerprint density at radius 3 is 2.40 bits per heavy atom. The van der Waals surface area contributed by atoms with E-state index in [-0.39, 0.29) is 6.10 Å². The average molecular weight is 205 g/mol. The van der Waals surface area contributed by atoms with E-state index < -0.39 is 0 Å². The molecule has 1 heterocycles. The summed E-state index contributed by atoms with van der Waals surface area (Å²) in [5.41, 5.74) is 1.06. The van der Waals surface area contributed by atoms with E-state index in [0.29, 0.717) is 5.92 Å². The van der Waals surface area contributed by atoms with Gasteiger partial charge in [0.15, 0.2) is 0 Å². The fraction of sp³-hybridized carbons (Fsp3) is 0.538. The Bertz CT molecular complexity index is 291. The zero-order chi connectivity index (χ0) is 10.7. The Kier molecular flexibility index (Phi) is 3.39. The first-order valence-electron chi connectivity index (χ1n) is 5.69. The Morgan fingerprint density at radius 1 is 1.20 bits per heavy atom. The van der Waals surface area contributed by atoms with Crippen molar-refractivity contribution < 1.29 is 5.11 Å². The second-order valence-electron chi connectivity index (χ2n) is 4.50. The minimum atomic E-state index is -0.278. The molecule has 0 unspecified atom stereocenters. The van der Waals surface area contributed by atoms with E-state index >= 15 is 0 Å². The Hall–Kier alpha value is -0.860. The van der Waals surface area contributed by atoms with Crippen molar-refractivity contribution in [1.29, 1.82) is 0 Å². The molecular weight excluding hydrogens is 186 g/mol. The third-order valence-electron chi connectivity index (χ3n) is 3.35. The van der Waals surface area contributed by atoms with E-state index in [0.717, 1.165) is 31.5 Å². The van der Waals surface area contributed by atoms with Crippen molar-refractivity contribution in [3.8, 4) is 0 Å². The number of hydrogen-bond donors (Lipinski definition) is 1. The normalized spacial score (nSPS) is 21.5. The molecule has 2 heteroatoms. The Labute approximate surface area is 91.5 Å². The van der Waals surface area contributed by atoms with E-state index in [1.165, 1.54) is 0 Å². The van der Waals surface area contributed by atoms with Gasteiger partial charge in [0.25, 0.3) is 0 Å². The fourth-order valence-corrected chi connectivity index (χ4v) is 2.27. The van der Waals surface area contributed by atoms with Gasteiger partial charge in [0.1, 0.15) is 0 Å². The molecule has 0 aromatic heterocycles. The summed E-state index contributed by atoms with van der Waals surface area (Å²) in [6.07, 6.45) is 1.93. The molecule has 0 radical (unpaired) electrons. The standard InChI is InChI=1S/C13H19NO/c1-14-9-7-12(8-10-14)13(15)11-5-3-2-4-6-11/h2-6,12-13,15H,7-10H2,1H3/t13-/m1/s1. The molecule has 1 atom stereocenters. The molecule has 1 fully saturated rings. The summed E-state index contributed by atoms with van der Waals surface area (Å²) in [4.78, 5) is 2.33. The van der Waals surface area contributed by atoms with Crippen molar-refractivity contribution in [3.63, 3.8) is 0 Å². The number of nitrogens with zero attached hydrogens (tertiary/aromatic N) is 1. The van der Waals surface area contributed by atoms with Crippen molar-refractivity contribution in [2.75, 3.05) is 20.1 Å². The summed E-state index contributed by atoms with van der Waals surface area (Å²) in [5, 5.41) is 10.2. The van der Waals surface area contributed by atoms with Gasteiger partial charge in [0.05, 0.1) is 6.10 Å². The number of likely N-dealkylation sites (tertiary alicyclic amines) is 1. The number of rotatable bonds is 2. The van der Waals surface area contributed by atoms with Crippen LogP contribution in [0.1, 0.15) is 24.5 Å². The molecule has 1 N–H and O–H groups in total. The highest BCUT2D eigenvalue weighted by Crippen LogP contribution is 2.29. The fourth-order valence-electron chi connectivity index (χ4n) is 2.27. The van der Waals surface area contributed by atoms with Crippen LogP contribution < -0.4 is 0 Å². The molecule has 2 rings (SSSR count). The number of piperidine rings is 1. The summed E-state index contributed by atoms with van der Waals surface area (Å²) in [6, 6.07) is 10.0. The van der Waals surface area contributed by atoms with Crippen molar-refractivity contribution in [1.82, 2.24) is 4.90 Å². The highest BCUT2D eigenvalue weighted by Gasteiger charge is 2.24. The number of aliphatic hydroxyl groups is 1. The third-order valence-corrected chi connectivity index (χ3v) is 3.35. The lowest BCUT2D eigenvalue weighted by atomic mass is 9.88. The third kappa shape index (κ3) is 2.58. The summed E-state index contributed by atoms with van der Waals surface area (Å²) in [7, 11) is 2.14. The zero-order valence-electron chi connectivity index (χ0n) is 9.26. The van der Waals surface area contributed by atoms with Gasteiger partial charge in [-0.3, -0.25) is 0 Å². The molecule has 0 bridgehead atoms. The first-order chi connectivity index (χ1) is 7.27. The van der Waals surface area contributed by atoms with E-state index in [4.69, 9.17) is 0 Å². The van der Waals surface area contributed by atoms with Gasteiger partial charge in [0, 0.05) is 0 Å². The first-order valence-corrected chi connectivity index (χ1v) is 5.69. The predicted octanol–water partition coefficient (Wildman–Crippen LogP) is 2.06. The lowest BCUT2D eigenvalue weighted by Gasteiger charge is -2.32. The van der Waals surface area contributed by atoms with Crippen LogP contribution in [0, 0.1) is 5.92 Å². The van der Waals surface area contributed by atoms with Crippen LogP contribution in [0.25, 0.3) is 0 Å². The Balaban J connectivity index is 1.99. The molecule has 1 aromatic rings. The smallest absolute Gasteiger partial charge is 0.0819 e. The molecular formula is C13H19NO. The summed E-state index contributed by atoms with van der Waals surface area (Å²) >= 11 is 0. The van der Waals surface area contributed by atoms with Crippen LogP contribution in [-0.4, -0.2) is 30.1 Å². The van der Waals surface area contributed by atoms with Crippen LogP contribution in [0.5, 0.6) is 0 Å². The van der Waals surface area contributed by atoms with Gasteiger partial charge in [-0.2, -0.15) is 0 Å². The minimum absolute atomic E-state index is 0.278. The zero-order valence-corrected chi connectivity index (χ0v) is 9.26. The second-order valence-corrected chi connectivity index (χ2v) is 4.50. The van der Waals surface area contributed by atoms with Crippen LogP contribution >= 0.6 is 0 Å². The Morgan fingerprint density at radius 2 is 1.80 bits per heavy atom. The molecule has 82 valence electrons. The number of hydrogen-bond acceptors (Lipinski definition) is 2. The summed E-state index contributed by atoms with van der Waals surface area (Å²) in [5.74, 6) is 0.434. The first kappa shape index (κ1) is 10.7. The predicted molar refractivity (Wildman–Crippen MR) is 61.6 cm³/mol. The lowest BCUT2D eigenvalue weighted by Crippen LogP contribution is -2.32. The van der Waals surface area contributed by atoms with Gasteiger partial charge in [-0.1, -0.05) is 30.3 Å². The molecule has 1 aromatic carbocycles. The summed E-state index contributed by atoms with van der Waals surface area (Å²) in [6.45, 7) is 2.21. The molecule has 1 aliphatic rings. The molecule has 1 saturated heterocycles. The minimum Gasteiger partial charge on any atom is -0.388 e. The van der Waals surface area contributed by atoms with Crippen LogP contribution in [0.2, 0.25) is 0 Å². The van der Waals surface area contributed by atoms with Gasteiger partial charge in [-0.25, -0.2) is 0 Å². The molecule has 2 nitrogen and oxygen atoms in total. The van der Waals surface area contributed by atoms with Gasteiger partial charge < -0.3 is 10.0 Å². The molecule has 0 amide bonds.